The fourth-order valence-electron chi connectivity index (χ4n) is 1.26. The topological polar surface area (TPSA) is 41.1 Å². The molecule has 1 rings (SSSR count). The molecule has 1 amide bonds. The Bertz CT molecular complexity index is 348. The summed E-state index contributed by atoms with van der Waals surface area (Å²) in [5.74, 6) is 0.0555. The predicted octanol–water partition coefficient (Wildman–Crippen LogP) is 3.10. The highest BCUT2D eigenvalue weighted by Gasteiger charge is 2.06. The maximum Gasteiger partial charge on any atom is 0.226 e. The second kappa shape index (κ2) is 6.16. The zero-order valence-electron chi connectivity index (χ0n) is 10.2. The van der Waals surface area contributed by atoms with E-state index in [9.17, 15) is 4.79 Å². The van der Waals surface area contributed by atoms with Crippen molar-refractivity contribution in [2.75, 3.05) is 17.2 Å². The summed E-state index contributed by atoms with van der Waals surface area (Å²) < 4.78 is 0. The van der Waals surface area contributed by atoms with Crippen molar-refractivity contribution in [3.05, 3.63) is 24.3 Å². The van der Waals surface area contributed by atoms with Crippen molar-refractivity contribution in [2.45, 2.75) is 27.2 Å². The smallest absolute Gasteiger partial charge is 0.226 e. The van der Waals surface area contributed by atoms with E-state index in [4.69, 9.17) is 0 Å². The van der Waals surface area contributed by atoms with Gasteiger partial charge in [-0.1, -0.05) is 26.8 Å². The van der Waals surface area contributed by atoms with Crippen LogP contribution >= 0.6 is 0 Å². The molecule has 2 N–H and O–H groups in total. The zero-order chi connectivity index (χ0) is 12.0. The van der Waals surface area contributed by atoms with Crippen LogP contribution in [-0.4, -0.2) is 12.5 Å². The van der Waals surface area contributed by atoms with Crippen LogP contribution in [-0.2, 0) is 4.79 Å². The van der Waals surface area contributed by atoms with Gasteiger partial charge in [-0.3, -0.25) is 4.79 Å². The lowest BCUT2D eigenvalue weighted by Crippen LogP contribution is -2.17. The molecule has 1 aromatic rings. The Balaban J connectivity index is 2.63. The van der Waals surface area contributed by atoms with E-state index in [0.29, 0.717) is 0 Å². The Labute approximate surface area is 97.2 Å². The second-order valence-corrected chi connectivity index (χ2v) is 4.15. The molecule has 0 saturated heterocycles. The van der Waals surface area contributed by atoms with E-state index in [-0.39, 0.29) is 11.8 Å². The molecule has 0 aliphatic carbocycles. The molecule has 3 heteroatoms. The number of nitrogens with one attached hydrogen (secondary N) is 2. The lowest BCUT2D eigenvalue weighted by Gasteiger charge is -2.10. The molecule has 0 saturated carbocycles. The van der Waals surface area contributed by atoms with Crippen molar-refractivity contribution < 1.29 is 4.79 Å². The standard InChI is InChI=1S/C13H20N2O/c1-4-8-14-11-6-5-7-12(9-11)15-13(16)10(2)3/h5-7,9-10,14H,4,8H2,1-3H3,(H,15,16). The van der Waals surface area contributed by atoms with Crippen molar-refractivity contribution in [1.29, 1.82) is 0 Å². The molecule has 0 aliphatic rings. The monoisotopic (exact) mass is 220 g/mol. The molecule has 88 valence electrons. The molecule has 3 nitrogen and oxygen atoms in total. The number of benzene rings is 1. The number of carbonyl (C=O) groups is 1. The van der Waals surface area contributed by atoms with Crippen molar-refractivity contribution in [3.8, 4) is 0 Å². The molecule has 0 spiro atoms. The van der Waals surface area contributed by atoms with Gasteiger partial charge in [0.2, 0.25) is 5.91 Å². The third-order valence-electron chi connectivity index (χ3n) is 2.23. The van der Waals surface area contributed by atoms with Gasteiger partial charge in [-0.2, -0.15) is 0 Å². The molecule has 0 bridgehead atoms. The minimum absolute atomic E-state index is 0.00672. The molecule has 0 atom stereocenters. The first kappa shape index (κ1) is 12.6. The van der Waals surface area contributed by atoms with Crippen molar-refractivity contribution in [1.82, 2.24) is 0 Å². The number of rotatable bonds is 5. The van der Waals surface area contributed by atoms with E-state index < -0.39 is 0 Å². The highest BCUT2D eigenvalue weighted by molar-refractivity contribution is 5.92. The number of hydrogen-bond donors (Lipinski definition) is 2. The van der Waals surface area contributed by atoms with Crippen molar-refractivity contribution in [3.63, 3.8) is 0 Å². The Morgan fingerprint density at radius 2 is 2.00 bits per heavy atom. The maximum atomic E-state index is 11.5. The van der Waals surface area contributed by atoms with Crippen LogP contribution in [0.1, 0.15) is 27.2 Å². The van der Waals surface area contributed by atoms with E-state index in [1.807, 2.05) is 38.1 Å². The zero-order valence-corrected chi connectivity index (χ0v) is 10.2. The summed E-state index contributed by atoms with van der Waals surface area (Å²) >= 11 is 0. The summed E-state index contributed by atoms with van der Waals surface area (Å²) in [7, 11) is 0. The number of anilines is 2. The van der Waals surface area contributed by atoms with Gasteiger partial charge < -0.3 is 10.6 Å². The fraction of sp³-hybridized carbons (Fsp3) is 0.462. The molecule has 0 unspecified atom stereocenters. The highest BCUT2D eigenvalue weighted by Crippen LogP contribution is 2.15. The average Bonchev–Trinajstić information content (AvgIpc) is 2.26. The quantitative estimate of drug-likeness (QED) is 0.800. The molecular weight excluding hydrogens is 200 g/mol. The Morgan fingerprint density at radius 1 is 1.31 bits per heavy atom. The lowest BCUT2D eigenvalue weighted by atomic mass is 10.2. The summed E-state index contributed by atoms with van der Waals surface area (Å²) in [5.41, 5.74) is 1.89. The SMILES string of the molecule is CCCNc1cccc(NC(=O)C(C)C)c1. The highest BCUT2D eigenvalue weighted by atomic mass is 16.1. The number of amides is 1. The van der Waals surface area contributed by atoms with Crippen molar-refractivity contribution >= 4 is 17.3 Å². The Hall–Kier alpha value is -1.51. The van der Waals surface area contributed by atoms with Gasteiger partial charge >= 0.3 is 0 Å². The van der Waals surface area contributed by atoms with E-state index in [2.05, 4.69) is 17.6 Å². The largest absolute Gasteiger partial charge is 0.385 e. The maximum absolute atomic E-state index is 11.5. The summed E-state index contributed by atoms with van der Waals surface area (Å²) in [6.07, 6.45) is 1.09. The molecule has 0 aromatic heterocycles. The normalized spacial score (nSPS) is 10.2. The van der Waals surface area contributed by atoms with Crippen LogP contribution in [0.3, 0.4) is 0 Å². The summed E-state index contributed by atoms with van der Waals surface area (Å²) in [4.78, 5) is 11.5. The number of carbonyl (C=O) groups excluding carboxylic acids is 1. The summed E-state index contributed by atoms with van der Waals surface area (Å²) in [6, 6.07) is 7.79. The first-order chi connectivity index (χ1) is 7.63. The third kappa shape index (κ3) is 3.93. The lowest BCUT2D eigenvalue weighted by molar-refractivity contribution is -0.118. The number of hydrogen-bond acceptors (Lipinski definition) is 2. The van der Waals surface area contributed by atoms with E-state index in [1.165, 1.54) is 0 Å². The molecule has 1 aromatic carbocycles. The van der Waals surface area contributed by atoms with Crippen LogP contribution in [0.5, 0.6) is 0 Å². The summed E-state index contributed by atoms with van der Waals surface area (Å²) in [6.45, 7) is 6.84. The van der Waals surface area contributed by atoms with Gasteiger partial charge in [0.15, 0.2) is 0 Å². The minimum Gasteiger partial charge on any atom is -0.385 e. The Morgan fingerprint density at radius 3 is 2.62 bits per heavy atom. The molecule has 16 heavy (non-hydrogen) atoms. The predicted molar refractivity (Wildman–Crippen MR) is 68.7 cm³/mol. The molecule has 0 heterocycles. The van der Waals surface area contributed by atoms with Gasteiger partial charge in [-0.05, 0) is 24.6 Å². The molecule has 0 aliphatic heterocycles. The molecule has 0 fully saturated rings. The van der Waals surface area contributed by atoms with Gasteiger partial charge in [0.1, 0.15) is 0 Å². The van der Waals surface area contributed by atoms with Crippen LogP contribution in [0.25, 0.3) is 0 Å². The van der Waals surface area contributed by atoms with Crippen LogP contribution in [0.15, 0.2) is 24.3 Å². The van der Waals surface area contributed by atoms with Gasteiger partial charge in [-0.25, -0.2) is 0 Å². The first-order valence-corrected chi connectivity index (χ1v) is 5.78. The van der Waals surface area contributed by atoms with Gasteiger partial charge in [0.25, 0.3) is 0 Å². The minimum atomic E-state index is 0.00672. The van der Waals surface area contributed by atoms with E-state index in [0.717, 1.165) is 24.3 Å². The van der Waals surface area contributed by atoms with Crippen LogP contribution < -0.4 is 10.6 Å². The van der Waals surface area contributed by atoms with Crippen molar-refractivity contribution in [2.24, 2.45) is 5.92 Å². The van der Waals surface area contributed by atoms with Gasteiger partial charge in [0.05, 0.1) is 0 Å². The van der Waals surface area contributed by atoms with E-state index in [1.54, 1.807) is 0 Å². The van der Waals surface area contributed by atoms with E-state index >= 15 is 0 Å². The Kier molecular flexibility index (Phi) is 4.83. The van der Waals surface area contributed by atoms with Crippen LogP contribution in [0.4, 0.5) is 11.4 Å². The summed E-state index contributed by atoms with van der Waals surface area (Å²) in [5, 5.41) is 6.17. The van der Waals surface area contributed by atoms with Gasteiger partial charge in [0, 0.05) is 23.8 Å². The van der Waals surface area contributed by atoms with Gasteiger partial charge in [-0.15, -0.1) is 0 Å². The second-order valence-electron chi connectivity index (χ2n) is 4.15. The first-order valence-electron chi connectivity index (χ1n) is 5.78. The molecular formula is C13H20N2O. The van der Waals surface area contributed by atoms with Crippen LogP contribution in [0, 0.1) is 5.92 Å². The third-order valence-corrected chi connectivity index (χ3v) is 2.23. The van der Waals surface area contributed by atoms with Crippen LogP contribution in [0.2, 0.25) is 0 Å². The fourth-order valence-corrected chi connectivity index (χ4v) is 1.26. The average molecular weight is 220 g/mol. The molecule has 0 radical (unpaired) electrons.